The second-order valence-electron chi connectivity index (χ2n) is 8.11. The van der Waals surface area contributed by atoms with E-state index in [9.17, 15) is 0 Å². The predicted octanol–water partition coefficient (Wildman–Crippen LogP) is 3.72. The smallest absolute Gasteiger partial charge is 0.119 e. The number of fused-ring (bicyclic) bond motifs is 4. The van der Waals surface area contributed by atoms with Crippen LogP contribution in [0.5, 0.6) is 0 Å². The highest BCUT2D eigenvalue weighted by molar-refractivity contribution is 6.10. The number of allylic oxidation sites excluding steroid dienone is 3. The van der Waals surface area contributed by atoms with E-state index in [2.05, 4.69) is 81.8 Å². The van der Waals surface area contributed by atoms with E-state index in [1.807, 2.05) is 18.4 Å². The summed E-state index contributed by atoms with van der Waals surface area (Å²) in [6.45, 7) is 5.10. The number of aryl methyl sites for hydroxylation is 1. The number of para-hydroxylation sites is 1. The number of dihydropyridines is 1. The molecule has 0 amide bonds. The van der Waals surface area contributed by atoms with Crippen molar-refractivity contribution in [3.05, 3.63) is 90.4 Å². The lowest BCUT2D eigenvalue weighted by atomic mass is 9.95. The summed E-state index contributed by atoms with van der Waals surface area (Å²) in [4.78, 5) is 4.85. The van der Waals surface area contributed by atoms with Crippen molar-refractivity contribution in [2.75, 3.05) is 6.67 Å². The number of nitrogens with zero attached hydrogens (tertiary/aromatic N) is 2. The highest BCUT2D eigenvalue weighted by Gasteiger charge is 2.19. The molecule has 1 aliphatic heterocycles. The lowest BCUT2D eigenvalue weighted by molar-refractivity contribution is 0.657. The van der Waals surface area contributed by atoms with Crippen LogP contribution in [-0.2, 0) is 13.0 Å². The van der Waals surface area contributed by atoms with Crippen LogP contribution >= 0.6 is 0 Å². The number of hydrogen-bond acceptors (Lipinski definition) is 5. The van der Waals surface area contributed by atoms with Crippen molar-refractivity contribution >= 4 is 33.6 Å². The fraction of sp³-hybridized carbons (Fsp3) is 0.192. The fourth-order valence-corrected chi connectivity index (χ4v) is 4.53. The standard InChI is InChI=1S/C26H28N6/c1-18(29-17-30-27)31-24(23-11-6-7-13-28-23)16-32-25-12-5-4-10-21(25)22-14-19-8-2-3-9-20(19)15-26(22)32/h2,4-8,10-15,23,28-30H,1,3,9,16-17,27H2. The molecule has 1 aromatic heterocycles. The molecule has 2 heterocycles. The van der Waals surface area contributed by atoms with Gasteiger partial charge in [-0.1, -0.05) is 49.1 Å². The molecule has 162 valence electrons. The van der Waals surface area contributed by atoms with Crippen molar-refractivity contribution in [2.45, 2.75) is 25.4 Å². The van der Waals surface area contributed by atoms with Gasteiger partial charge in [0.1, 0.15) is 5.82 Å². The second-order valence-corrected chi connectivity index (χ2v) is 8.11. The summed E-state index contributed by atoms with van der Waals surface area (Å²) in [5.41, 5.74) is 8.73. The van der Waals surface area contributed by atoms with Crippen molar-refractivity contribution in [3.8, 4) is 0 Å². The van der Waals surface area contributed by atoms with E-state index in [1.54, 1.807) is 0 Å². The van der Waals surface area contributed by atoms with E-state index in [-0.39, 0.29) is 6.04 Å². The summed E-state index contributed by atoms with van der Waals surface area (Å²) in [6.07, 6.45) is 14.8. The summed E-state index contributed by atoms with van der Waals surface area (Å²) in [7, 11) is 0. The SMILES string of the molecule is C=C(N=C(Cn1c2ccccc2c2cc3c(cc21)CCC=C3)C1C=CC=CN1)NCNN. The molecule has 6 heteroatoms. The number of hydrazine groups is 1. The van der Waals surface area contributed by atoms with Crippen LogP contribution in [0.25, 0.3) is 27.9 Å². The van der Waals surface area contributed by atoms with Gasteiger partial charge in [0.05, 0.1) is 25.0 Å². The molecule has 6 nitrogen and oxygen atoms in total. The third-order valence-corrected chi connectivity index (χ3v) is 6.05. The number of nitrogens with one attached hydrogen (secondary N) is 3. The summed E-state index contributed by atoms with van der Waals surface area (Å²) < 4.78 is 2.38. The van der Waals surface area contributed by atoms with E-state index >= 15 is 0 Å². The van der Waals surface area contributed by atoms with Crippen LogP contribution in [0.1, 0.15) is 17.5 Å². The molecular weight excluding hydrogens is 396 g/mol. The first kappa shape index (κ1) is 20.3. The maximum absolute atomic E-state index is 5.40. The van der Waals surface area contributed by atoms with Gasteiger partial charge in [-0.3, -0.25) is 5.84 Å². The zero-order chi connectivity index (χ0) is 21.9. The lowest BCUT2D eigenvalue weighted by Gasteiger charge is -2.21. The van der Waals surface area contributed by atoms with E-state index in [4.69, 9.17) is 10.8 Å². The minimum absolute atomic E-state index is 0.0128. The summed E-state index contributed by atoms with van der Waals surface area (Å²) >= 11 is 0. The van der Waals surface area contributed by atoms with Gasteiger partial charge in [-0.2, -0.15) is 0 Å². The molecule has 0 saturated carbocycles. The third-order valence-electron chi connectivity index (χ3n) is 6.05. The number of benzene rings is 2. The number of aliphatic imine (C=N–C) groups is 1. The topological polar surface area (TPSA) is 79.4 Å². The Balaban J connectivity index is 1.63. The molecule has 5 N–H and O–H groups in total. The van der Waals surface area contributed by atoms with Gasteiger partial charge in [0.25, 0.3) is 0 Å². The van der Waals surface area contributed by atoms with Crippen LogP contribution in [0.15, 0.2) is 84.3 Å². The monoisotopic (exact) mass is 424 g/mol. The fourth-order valence-electron chi connectivity index (χ4n) is 4.53. The molecule has 0 fully saturated rings. The summed E-state index contributed by atoms with van der Waals surface area (Å²) in [5.74, 6) is 5.97. The molecule has 2 aliphatic rings. The number of nitrogens with two attached hydrogens (primary N) is 1. The number of aromatic nitrogens is 1. The molecular formula is C26H28N6. The van der Waals surface area contributed by atoms with Gasteiger partial charge < -0.3 is 15.2 Å². The molecule has 32 heavy (non-hydrogen) atoms. The molecule has 5 rings (SSSR count). The average molecular weight is 425 g/mol. The maximum atomic E-state index is 5.40. The van der Waals surface area contributed by atoms with Gasteiger partial charge in [0.2, 0.25) is 0 Å². The lowest BCUT2D eigenvalue weighted by Crippen LogP contribution is -2.37. The van der Waals surface area contributed by atoms with Crippen LogP contribution in [0.3, 0.4) is 0 Å². The van der Waals surface area contributed by atoms with Gasteiger partial charge in [0.15, 0.2) is 0 Å². The van der Waals surface area contributed by atoms with Crippen molar-refractivity contribution < 1.29 is 0 Å². The molecule has 0 bridgehead atoms. The maximum Gasteiger partial charge on any atom is 0.119 e. The molecule has 0 radical (unpaired) electrons. The van der Waals surface area contributed by atoms with Crippen LogP contribution in [0.2, 0.25) is 0 Å². The van der Waals surface area contributed by atoms with Crippen molar-refractivity contribution in [2.24, 2.45) is 10.8 Å². The summed E-state index contributed by atoms with van der Waals surface area (Å²) in [6, 6.07) is 13.3. The molecule has 0 spiro atoms. The Morgan fingerprint density at radius 3 is 2.94 bits per heavy atom. The Bertz CT molecular complexity index is 1290. The van der Waals surface area contributed by atoms with Gasteiger partial charge in [-0.05, 0) is 54.4 Å². The zero-order valence-electron chi connectivity index (χ0n) is 18.0. The van der Waals surface area contributed by atoms with Crippen molar-refractivity contribution in [1.82, 2.24) is 20.6 Å². The van der Waals surface area contributed by atoms with Gasteiger partial charge in [-0.25, -0.2) is 10.4 Å². The third kappa shape index (κ3) is 3.86. The predicted molar refractivity (Wildman–Crippen MR) is 134 cm³/mol. The van der Waals surface area contributed by atoms with Gasteiger partial charge >= 0.3 is 0 Å². The zero-order valence-corrected chi connectivity index (χ0v) is 18.0. The van der Waals surface area contributed by atoms with Crippen LogP contribution in [0.4, 0.5) is 0 Å². The van der Waals surface area contributed by atoms with Crippen LogP contribution in [0, 0.1) is 0 Å². The highest BCUT2D eigenvalue weighted by Crippen LogP contribution is 2.33. The first-order chi connectivity index (χ1) is 15.7. The highest BCUT2D eigenvalue weighted by atomic mass is 15.3. The Morgan fingerprint density at radius 2 is 2.09 bits per heavy atom. The van der Waals surface area contributed by atoms with Crippen molar-refractivity contribution in [1.29, 1.82) is 0 Å². The van der Waals surface area contributed by atoms with Crippen LogP contribution in [-0.4, -0.2) is 23.0 Å². The van der Waals surface area contributed by atoms with Crippen molar-refractivity contribution in [3.63, 3.8) is 0 Å². The Morgan fingerprint density at radius 1 is 1.19 bits per heavy atom. The Labute approximate surface area is 187 Å². The molecule has 2 aromatic carbocycles. The largest absolute Gasteiger partial charge is 0.379 e. The summed E-state index contributed by atoms with van der Waals surface area (Å²) in [5, 5.41) is 9.04. The quantitative estimate of drug-likeness (QED) is 0.202. The normalized spacial score (nSPS) is 17.5. The van der Waals surface area contributed by atoms with E-state index < -0.39 is 0 Å². The minimum Gasteiger partial charge on any atom is -0.379 e. The number of rotatable bonds is 7. The molecule has 1 atom stereocenters. The van der Waals surface area contributed by atoms with E-state index in [0.29, 0.717) is 19.0 Å². The second kappa shape index (κ2) is 8.86. The van der Waals surface area contributed by atoms with E-state index in [0.717, 1.165) is 18.6 Å². The van der Waals surface area contributed by atoms with Gasteiger partial charge in [0, 0.05) is 21.8 Å². The van der Waals surface area contributed by atoms with E-state index in [1.165, 1.54) is 32.9 Å². The number of hydrogen-bond donors (Lipinski definition) is 4. The van der Waals surface area contributed by atoms with Crippen LogP contribution < -0.4 is 21.9 Å². The Hall–Kier alpha value is -3.61. The Kier molecular flexibility index (Phi) is 5.62. The first-order valence-electron chi connectivity index (χ1n) is 11.0. The van der Waals surface area contributed by atoms with Gasteiger partial charge in [-0.15, -0.1) is 0 Å². The average Bonchev–Trinajstić information content (AvgIpc) is 3.14. The molecule has 3 aromatic rings. The minimum atomic E-state index is -0.0128. The molecule has 0 saturated heterocycles. The first-order valence-corrected chi connectivity index (χ1v) is 11.0. The molecule has 1 unspecified atom stereocenters. The molecule has 1 aliphatic carbocycles.